The van der Waals surface area contributed by atoms with Crippen LogP contribution >= 0.6 is 0 Å². The molecule has 1 heterocycles. The second-order valence-corrected chi connectivity index (χ2v) is 5.58. The molecule has 0 amide bonds. The molecular formula is C16H21FN2O2. The third kappa shape index (κ3) is 3.88. The van der Waals surface area contributed by atoms with E-state index < -0.39 is 5.82 Å². The van der Waals surface area contributed by atoms with E-state index in [1.807, 2.05) is 13.8 Å². The van der Waals surface area contributed by atoms with Crippen LogP contribution in [0.4, 0.5) is 4.39 Å². The van der Waals surface area contributed by atoms with Crippen molar-refractivity contribution in [3.05, 3.63) is 35.1 Å². The molecule has 0 saturated carbocycles. The Labute approximate surface area is 124 Å². The van der Waals surface area contributed by atoms with Crippen molar-refractivity contribution in [1.82, 2.24) is 0 Å². The number of nitrogens with one attached hydrogen (secondary N) is 2. The summed E-state index contributed by atoms with van der Waals surface area (Å²) in [6.07, 6.45) is 1.42. The number of hydrogen-bond acceptors (Lipinski definition) is 4. The van der Waals surface area contributed by atoms with Crippen LogP contribution in [-0.2, 0) is 9.47 Å². The molecule has 0 aliphatic carbocycles. The minimum Gasteiger partial charge on any atom is -0.425 e. The quantitative estimate of drug-likeness (QED) is 0.659. The monoisotopic (exact) mass is 292 g/mol. The van der Waals surface area contributed by atoms with Gasteiger partial charge in [-0.2, -0.15) is 0 Å². The van der Waals surface area contributed by atoms with E-state index in [0.717, 1.165) is 5.56 Å². The molecule has 1 aliphatic rings. The van der Waals surface area contributed by atoms with E-state index >= 15 is 0 Å². The molecule has 1 aromatic rings. The van der Waals surface area contributed by atoms with E-state index in [1.165, 1.54) is 6.07 Å². The van der Waals surface area contributed by atoms with Gasteiger partial charge in [0, 0.05) is 19.1 Å². The summed E-state index contributed by atoms with van der Waals surface area (Å²) in [6.45, 7) is 5.16. The molecule has 0 bridgehead atoms. The van der Waals surface area contributed by atoms with Crippen LogP contribution in [-0.4, -0.2) is 25.0 Å². The van der Waals surface area contributed by atoms with Crippen molar-refractivity contribution in [2.75, 3.05) is 13.2 Å². The van der Waals surface area contributed by atoms with Gasteiger partial charge in [0.15, 0.2) is 5.90 Å². The molecule has 1 aromatic carbocycles. The molecule has 21 heavy (non-hydrogen) atoms. The van der Waals surface area contributed by atoms with Crippen LogP contribution in [0.2, 0.25) is 0 Å². The van der Waals surface area contributed by atoms with Crippen molar-refractivity contribution in [1.29, 1.82) is 10.8 Å². The maximum absolute atomic E-state index is 14.0. The molecule has 114 valence electrons. The van der Waals surface area contributed by atoms with Crippen molar-refractivity contribution in [3.8, 4) is 0 Å². The highest BCUT2D eigenvalue weighted by Gasteiger charge is 2.22. The Kier molecular flexibility index (Phi) is 5.07. The van der Waals surface area contributed by atoms with Crippen molar-refractivity contribution < 1.29 is 13.9 Å². The van der Waals surface area contributed by atoms with E-state index in [1.54, 1.807) is 12.1 Å². The Balaban J connectivity index is 2.04. The van der Waals surface area contributed by atoms with E-state index in [2.05, 4.69) is 0 Å². The third-order valence-electron chi connectivity index (χ3n) is 3.71. The van der Waals surface area contributed by atoms with Gasteiger partial charge in [-0.25, -0.2) is 4.39 Å². The Hall–Kier alpha value is -1.75. The van der Waals surface area contributed by atoms with Gasteiger partial charge in [0.25, 0.3) is 0 Å². The average molecular weight is 292 g/mol. The molecule has 1 aliphatic heterocycles. The first kappa shape index (κ1) is 15.6. The molecule has 1 saturated heterocycles. The fraction of sp³-hybridized carbons (Fsp3) is 0.500. The molecule has 0 atom stereocenters. The predicted molar refractivity (Wildman–Crippen MR) is 79.7 cm³/mol. The van der Waals surface area contributed by atoms with Gasteiger partial charge >= 0.3 is 0 Å². The van der Waals surface area contributed by atoms with Gasteiger partial charge in [0.2, 0.25) is 5.90 Å². The number of benzene rings is 1. The first-order chi connectivity index (χ1) is 9.99. The first-order valence-electron chi connectivity index (χ1n) is 7.21. The summed E-state index contributed by atoms with van der Waals surface area (Å²) in [5.41, 5.74) is 0.972. The predicted octanol–water partition coefficient (Wildman–Crippen LogP) is 3.69. The lowest BCUT2D eigenvalue weighted by Crippen LogP contribution is -2.27. The molecule has 0 radical (unpaired) electrons. The molecule has 1 fully saturated rings. The summed E-state index contributed by atoms with van der Waals surface area (Å²) in [6, 6.07) is 4.76. The Morgan fingerprint density at radius 2 is 1.95 bits per heavy atom. The van der Waals surface area contributed by atoms with Gasteiger partial charge in [-0.05, 0) is 36.5 Å². The second kappa shape index (κ2) is 6.80. The summed E-state index contributed by atoms with van der Waals surface area (Å²) in [5, 5.41) is 15.8. The van der Waals surface area contributed by atoms with Crippen LogP contribution in [0.25, 0.3) is 0 Å². The summed E-state index contributed by atoms with van der Waals surface area (Å²) < 4.78 is 24.5. The summed E-state index contributed by atoms with van der Waals surface area (Å²) >= 11 is 0. The second-order valence-electron chi connectivity index (χ2n) is 5.58. The van der Waals surface area contributed by atoms with Gasteiger partial charge in [0.05, 0.1) is 5.56 Å². The van der Waals surface area contributed by atoms with Crippen LogP contribution in [0.3, 0.4) is 0 Å². The largest absolute Gasteiger partial charge is 0.425 e. The van der Waals surface area contributed by atoms with Gasteiger partial charge in [-0.3, -0.25) is 10.8 Å². The highest BCUT2D eigenvalue weighted by Crippen LogP contribution is 2.20. The summed E-state index contributed by atoms with van der Waals surface area (Å²) in [4.78, 5) is 0. The minimum absolute atomic E-state index is 0.0237. The van der Waals surface area contributed by atoms with E-state index in [0.29, 0.717) is 26.1 Å². The highest BCUT2D eigenvalue weighted by atomic mass is 19.1. The van der Waals surface area contributed by atoms with E-state index in [4.69, 9.17) is 20.3 Å². The van der Waals surface area contributed by atoms with Crippen LogP contribution in [0.1, 0.15) is 43.7 Å². The van der Waals surface area contributed by atoms with Crippen molar-refractivity contribution in [3.63, 3.8) is 0 Å². The van der Waals surface area contributed by atoms with Crippen LogP contribution < -0.4 is 0 Å². The molecule has 5 heteroatoms. The van der Waals surface area contributed by atoms with E-state index in [9.17, 15) is 4.39 Å². The summed E-state index contributed by atoms with van der Waals surface area (Å²) in [5.74, 6) is -0.581. The highest BCUT2D eigenvalue weighted by molar-refractivity contribution is 5.99. The van der Waals surface area contributed by atoms with Gasteiger partial charge in [0.1, 0.15) is 5.82 Å². The zero-order valence-electron chi connectivity index (χ0n) is 12.4. The molecule has 2 rings (SSSR count). The SMILES string of the molecule is CC(C)c1ccc(C(=N)OC(=N)C2CCOCC2)c(F)c1. The average Bonchev–Trinajstić information content (AvgIpc) is 2.47. The zero-order chi connectivity index (χ0) is 15.4. The van der Waals surface area contributed by atoms with Crippen molar-refractivity contribution in [2.45, 2.75) is 32.6 Å². The Morgan fingerprint density at radius 3 is 2.52 bits per heavy atom. The lowest BCUT2D eigenvalue weighted by atomic mass is 10.00. The lowest BCUT2D eigenvalue weighted by Gasteiger charge is -2.22. The van der Waals surface area contributed by atoms with Gasteiger partial charge in [-0.15, -0.1) is 0 Å². The van der Waals surface area contributed by atoms with Crippen molar-refractivity contribution in [2.24, 2.45) is 5.92 Å². The van der Waals surface area contributed by atoms with Crippen LogP contribution in [0, 0.1) is 22.6 Å². The lowest BCUT2D eigenvalue weighted by molar-refractivity contribution is 0.0788. The number of rotatable bonds is 3. The number of halogens is 1. The molecule has 0 aromatic heterocycles. The minimum atomic E-state index is -0.481. The molecule has 0 unspecified atom stereocenters. The summed E-state index contributed by atoms with van der Waals surface area (Å²) in [7, 11) is 0. The fourth-order valence-corrected chi connectivity index (χ4v) is 2.28. The van der Waals surface area contributed by atoms with Crippen LogP contribution in [0.15, 0.2) is 18.2 Å². The molecule has 0 spiro atoms. The smallest absolute Gasteiger partial charge is 0.223 e. The van der Waals surface area contributed by atoms with Crippen molar-refractivity contribution >= 4 is 11.8 Å². The molecule has 2 N–H and O–H groups in total. The third-order valence-corrected chi connectivity index (χ3v) is 3.71. The molecule has 4 nitrogen and oxygen atoms in total. The van der Waals surface area contributed by atoms with Crippen LogP contribution in [0.5, 0.6) is 0 Å². The first-order valence-corrected chi connectivity index (χ1v) is 7.21. The Bertz CT molecular complexity index is 537. The number of ether oxygens (including phenoxy) is 2. The number of hydrogen-bond donors (Lipinski definition) is 2. The standard InChI is InChI=1S/C16H21FN2O2/c1-10(2)12-3-4-13(14(17)9-12)16(19)21-15(18)11-5-7-20-8-6-11/h3-4,9-11,18-19H,5-8H2,1-2H3. The topological polar surface area (TPSA) is 66.2 Å². The van der Waals surface area contributed by atoms with Gasteiger partial charge in [-0.1, -0.05) is 19.9 Å². The maximum atomic E-state index is 14.0. The zero-order valence-corrected chi connectivity index (χ0v) is 12.4. The molecular weight excluding hydrogens is 271 g/mol. The maximum Gasteiger partial charge on any atom is 0.223 e. The normalized spacial score (nSPS) is 16.0. The van der Waals surface area contributed by atoms with E-state index in [-0.39, 0.29) is 29.2 Å². The Morgan fingerprint density at radius 1 is 1.29 bits per heavy atom. The fourth-order valence-electron chi connectivity index (χ4n) is 2.28. The van der Waals surface area contributed by atoms with Gasteiger partial charge < -0.3 is 9.47 Å².